The summed E-state index contributed by atoms with van der Waals surface area (Å²) < 4.78 is 4.52. The zero-order chi connectivity index (χ0) is 22.5. The Kier molecular flexibility index (Phi) is 11.4. The number of aliphatic hydroxyl groups is 1. The zero-order valence-corrected chi connectivity index (χ0v) is 17.8. The number of carbonyl (C=O) groups is 4. The number of nitrogens with one attached hydrogen (secondary N) is 2. The average molecular weight is 421 g/mol. The number of carbonyl (C=O) groups excluding carboxylic acids is 4. The van der Waals surface area contributed by atoms with Gasteiger partial charge in [-0.2, -0.15) is 0 Å². The van der Waals surface area contributed by atoms with Crippen molar-refractivity contribution < 1.29 is 29.0 Å². The van der Waals surface area contributed by atoms with E-state index in [0.29, 0.717) is 19.3 Å². The van der Waals surface area contributed by atoms with E-state index in [9.17, 15) is 24.3 Å². The van der Waals surface area contributed by atoms with Crippen LogP contribution in [0.1, 0.15) is 45.1 Å². The van der Waals surface area contributed by atoms with Crippen LogP contribution in [0, 0.1) is 5.92 Å². The molecule has 8 heteroatoms. The molecule has 2 amide bonds. The Morgan fingerprint density at radius 1 is 1.07 bits per heavy atom. The van der Waals surface area contributed by atoms with Gasteiger partial charge in [-0.25, -0.2) is 0 Å². The topological polar surface area (TPSA) is 122 Å². The van der Waals surface area contributed by atoms with Crippen molar-refractivity contribution in [2.45, 2.75) is 58.0 Å². The van der Waals surface area contributed by atoms with Crippen LogP contribution < -0.4 is 10.6 Å². The minimum atomic E-state index is -0.860. The van der Waals surface area contributed by atoms with E-state index in [1.807, 2.05) is 44.2 Å². The molecule has 3 atom stereocenters. The molecule has 0 spiro atoms. The third kappa shape index (κ3) is 8.73. The first kappa shape index (κ1) is 25.3. The van der Waals surface area contributed by atoms with Crippen molar-refractivity contribution in [2.24, 2.45) is 5.92 Å². The molecule has 166 valence electrons. The Labute approximate surface area is 177 Å². The van der Waals surface area contributed by atoms with E-state index in [-0.39, 0.29) is 18.8 Å². The van der Waals surface area contributed by atoms with Crippen LogP contribution in [0.15, 0.2) is 30.3 Å². The van der Waals surface area contributed by atoms with Crippen LogP contribution in [0.5, 0.6) is 0 Å². The third-order valence-corrected chi connectivity index (χ3v) is 5.02. The molecule has 0 fully saturated rings. The molecule has 0 aliphatic rings. The first-order valence-electron chi connectivity index (χ1n) is 10.2. The van der Waals surface area contributed by atoms with E-state index < -0.39 is 42.3 Å². The fraction of sp³-hybridized carbons (Fsp3) is 0.545. The molecule has 1 aromatic carbocycles. The quantitative estimate of drug-likeness (QED) is 0.412. The standard InChI is InChI=1S/C22H32N2O6/c1-4-15(2)21(24-19(27)12-13-20(28)30-3)22(29)23-17(18(26)14-25)11-10-16-8-6-5-7-9-16/h5-9,15,17,21,25H,4,10-14H2,1-3H3,(H,23,29)(H,24,27)/t15?,17-,21-/m0/s1. The van der Waals surface area contributed by atoms with Crippen LogP contribution in [-0.4, -0.2) is 54.5 Å². The van der Waals surface area contributed by atoms with Gasteiger partial charge < -0.3 is 20.5 Å². The van der Waals surface area contributed by atoms with Gasteiger partial charge in [0.05, 0.1) is 19.6 Å². The van der Waals surface area contributed by atoms with E-state index in [4.69, 9.17) is 0 Å². The number of amides is 2. The van der Waals surface area contributed by atoms with E-state index in [2.05, 4.69) is 15.4 Å². The van der Waals surface area contributed by atoms with Gasteiger partial charge in [0.2, 0.25) is 11.8 Å². The van der Waals surface area contributed by atoms with Crippen molar-refractivity contribution >= 4 is 23.6 Å². The Bertz CT molecular complexity index is 707. The fourth-order valence-electron chi connectivity index (χ4n) is 2.91. The minimum absolute atomic E-state index is 0.0835. The van der Waals surface area contributed by atoms with Crippen molar-refractivity contribution in [1.82, 2.24) is 10.6 Å². The highest BCUT2D eigenvalue weighted by Gasteiger charge is 2.29. The molecule has 8 nitrogen and oxygen atoms in total. The highest BCUT2D eigenvalue weighted by Crippen LogP contribution is 2.11. The second-order valence-electron chi connectivity index (χ2n) is 7.22. The van der Waals surface area contributed by atoms with Gasteiger partial charge in [-0.1, -0.05) is 50.6 Å². The Morgan fingerprint density at radius 3 is 2.30 bits per heavy atom. The normalized spacial score (nSPS) is 13.6. The second-order valence-corrected chi connectivity index (χ2v) is 7.22. The Hall–Kier alpha value is -2.74. The SMILES string of the molecule is CCC(C)[C@H](NC(=O)CCC(=O)OC)C(=O)N[C@@H](CCc1ccccc1)C(=O)CO. The number of methoxy groups -OCH3 is 1. The van der Waals surface area contributed by atoms with Gasteiger partial charge in [0, 0.05) is 6.42 Å². The van der Waals surface area contributed by atoms with Gasteiger partial charge >= 0.3 is 5.97 Å². The molecule has 0 aliphatic carbocycles. The van der Waals surface area contributed by atoms with Crippen LogP contribution in [0.4, 0.5) is 0 Å². The maximum absolute atomic E-state index is 12.9. The molecule has 3 N–H and O–H groups in total. The van der Waals surface area contributed by atoms with Crippen LogP contribution in [0.3, 0.4) is 0 Å². The van der Waals surface area contributed by atoms with E-state index >= 15 is 0 Å². The number of Topliss-reactive ketones (excluding diaryl/α,β-unsaturated/α-hetero) is 1. The number of ether oxygens (including phenoxy) is 1. The van der Waals surface area contributed by atoms with Gasteiger partial charge in [0.25, 0.3) is 0 Å². The van der Waals surface area contributed by atoms with Gasteiger partial charge in [-0.3, -0.25) is 19.2 Å². The molecule has 0 saturated heterocycles. The van der Waals surface area contributed by atoms with E-state index in [1.54, 1.807) is 0 Å². The number of ketones is 1. The Morgan fingerprint density at radius 2 is 1.73 bits per heavy atom. The van der Waals surface area contributed by atoms with Crippen molar-refractivity contribution in [2.75, 3.05) is 13.7 Å². The monoisotopic (exact) mass is 420 g/mol. The predicted molar refractivity (Wildman–Crippen MR) is 111 cm³/mol. The van der Waals surface area contributed by atoms with E-state index in [0.717, 1.165) is 5.56 Å². The molecule has 30 heavy (non-hydrogen) atoms. The smallest absolute Gasteiger partial charge is 0.306 e. The molecule has 1 aromatic rings. The molecule has 1 unspecified atom stereocenters. The van der Waals surface area contributed by atoms with Crippen LogP contribution >= 0.6 is 0 Å². The summed E-state index contributed by atoms with van der Waals surface area (Å²) in [7, 11) is 1.24. The Balaban J connectivity index is 2.79. The summed E-state index contributed by atoms with van der Waals surface area (Å²) in [5.74, 6) is -2.12. The maximum Gasteiger partial charge on any atom is 0.306 e. The molecule has 0 aliphatic heterocycles. The zero-order valence-electron chi connectivity index (χ0n) is 17.8. The van der Waals surface area contributed by atoms with Gasteiger partial charge in [-0.15, -0.1) is 0 Å². The lowest BCUT2D eigenvalue weighted by Crippen LogP contribution is -2.54. The first-order valence-corrected chi connectivity index (χ1v) is 10.2. The fourth-order valence-corrected chi connectivity index (χ4v) is 2.91. The molecule has 0 bridgehead atoms. The van der Waals surface area contributed by atoms with Crippen LogP contribution in [0.2, 0.25) is 0 Å². The minimum Gasteiger partial charge on any atom is -0.469 e. The number of aliphatic hydroxyl groups excluding tert-OH is 1. The predicted octanol–water partition coefficient (Wildman–Crippen LogP) is 1.15. The summed E-state index contributed by atoms with van der Waals surface area (Å²) in [4.78, 5) is 48.4. The number of esters is 1. The first-order chi connectivity index (χ1) is 14.3. The van der Waals surface area contributed by atoms with Crippen LogP contribution in [0.25, 0.3) is 0 Å². The number of rotatable bonds is 13. The summed E-state index contributed by atoms with van der Waals surface area (Å²) in [5.41, 5.74) is 1.01. The summed E-state index contributed by atoms with van der Waals surface area (Å²) in [5, 5.41) is 14.6. The molecule has 0 heterocycles. The lowest BCUT2D eigenvalue weighted by molar-refractivity contribution is -0.142. The summed E-state index contributed by atoms with van der Waals surface area (Å²) in [6.07, 6.45) is 1.33. The summed E-state index contributed by atoms with van der Waals surface area (Å²) >= 11 is 0. The van der Waals surface area contributed by atoms with Gasteiger partial charge in [-0.05, 0) is 24.3 Å². The maximum atomic E-state index is 12.9. The highest BCUT2D eigenvalue weighted by molar-refractivity contribution is 5.93. The number of aryl methyl sites for hydroxylation is 1. The number of hydrogen-bond donors (Lipinski definition) is 3. The average Bonchev–Trinajstić information content (AvgIpc) is 2.77. The number of benzene rings is 1. The van der Waals surface area contributed by atoms with Crippen molar-refractivity contribution in [3.8, 4) is 0 Å². The molecular formula is C22H32N2O6. The third-order valence-electron chi connectivity index (χ3n) is 5.02. The number of hydrogen-bond acceptors (Lipinski definition) is 6. The molecule has 0 saturated carbocycles. The molecule has 1 rings (SSSR count). The molecule has 0 radical (unpaired) electrons. The van der Waals surface area contributed by atoms with Crippen molar-refractivity contribution in [3.05, 3.63) is 35.9 Å². The lowest BCUT2D eigenvalue weighted by Gasteiger charge is -2.26. The van der Waals surface area contributed by atoms with E-state index in [1.165, 1.54) is 7.11 Å². The highest BCUT2D eigenvalue weighted by atomic mass is 16.5. The summed E-state index contributed by atoms with van der Waals surface area (Å²) in [6.45, 7) is 3.02. The molecule has 0 aromatic heterocycles. The lowest BCUT2D eigenvalue weighted by atomic mass is 9.96. The van der Waals surface area contributed by atoms with Crippen molar-refractivity contribution in [3.63, 3.8) is 0 Å². The van der Waals surface area contributed by atoms with Crippen LogP contribution in [-0.2, 0) is 30.3 Å². The van der Waals surface area contributed by atoms with Gasteiger partial charge in [0.1, 0.15) is 12.6 Å². The van der Waals surface area contributed by atoms with Gasteiger partial charge in [0.15, 0.2) is 5.78 Å². The van der Waals surface area contributed by atoms with Crippen molar-refractivity contribution in [1.29, 1.82) is 0 Å². The largest absolute Gasteiger partial charge is 0.469 e. The molecular weight excluding hydrogens is 388 g/mol. The second kappa shape index (κ2) is 13.5. The summed E-state index contributed by atoms with van der Waals surface area (Å²) in [6, 6.07) is 7.80.